The molecule has 2 heterocycles. The highest BCUT2D eigenvalue weighted by Gasteiger charge is 2.52. The standard InChI is InChI=1S/C45H53N4O4/c1-32(2)24-26-46-40-22-20-36(48(50)51)28-38(40)44(5,6)42(46)18-13-19-43-45(30-34-14-9-7-10-15-34,31-35-16-11-8-12-17-35)39-29-37(49(52)53)21-23-41(39)47(43)27-25-33(3)4/h7-23,29,32-33,36H,24-28,30-31H2,1-6H3/q+1. The number of allylic oxidation sites excluding steroid dienone is 5. The van der Waals surface area contributed by atoms with Gasteiger partial charge in [0.15, 0.2) is 5.71 Å². The molecule has 0 saturated carbocycles. The normalized spacial score (nSPS) is 19.6. The molecule has 1 aliphatic carbocycles. The summed E-state index contributed by atoms with van der Waals surface area (Å²) in [4.78, 5) is 26.1. The Morgan fingerprint density at radius 3 is 2.08 bits per heavy atom. The van der Waals surface area contributed by atoms with Crippen molar-refractivity contribution in [1.82, 2.24) is 4.90 Å². The Labute approximate surface area is 314 Å². The molecule has 3 aliphatic rings. The molecule has 8 heteroatoms. The molecule has 8 nitrogen and oxygen atoms in total. The van der Waals surface area contributed by atoms with Gasteiger partial charge in [-0.05, 0) is 66.0 Å². The number of nitro benzene ring substituents is 1. The Hall–Kier alpha value is -5.11. The van der Waals surface area contributed by atoms with Crippen molar-refractivity contribution in [2.24, 2.45) is 17.3 Å². The molecule has 0 spiro atoms. The molecule has 6 rings (SSSR count). The maximum Gasteiger partial charge on any atom is 0.270 e. The summed E-state index contributed by atoms with van der Waals surface area (Å²) >= 11 is 0. The maximum atomic E-state index is 12.3. The highest BCUT2D eigenvalue weighted by atomic mass is 16.6. The van der Waals surface area contributed by atoms with Gasteiger partial charge in [-0.2, -0.15) is 4.58 Å². The summed E-state index contributed by atoms with van der Waals surface area (Å²) in [6.07, 6.45) is 14.0. The van der Waals surface area contributed by atoms with Crippen LogP contribution >= 0.6 is 0 Å². The number of fused-ring (bicyclic) bond motifs is 1. The third-order valence-electron chi connectivity index (χ3n) is 11.3. The van der Waals surface area contributed by atoms with Gasteiger partial charge in [0.25, 0.3) is 5.69 Å². The first-order chi connectivity index (χ1) is 25.3. The van der Waals surface area contributed by atoms with Crippen molar-refractivity contribution in [3.8, 4) is 0 Å². The van der Waals surface area contributed by atoms with Gasteiger partial charge in [0.1, 0.15) is 6.54 Å². The summed E-state index contributed by atoms with van der Waals surface area (Å²) in [5.74, 6) is 0.964. The van der Waals surface area contributed by atoms with Crippen molar-refractivity contribution in [3.63, 3.8) is 0 Å². The minimum absolute atomic E-state index is 0.0941. The summed E-state index contributed by atoms with van der Waals surface area (Å²) in [5, 5.41) is 24.2. The molecule has 0 fully saturated rings. The third kappa shape index (κ3) is 7.68. The minimum atomic E-state index is -0.724. The van der Waals surface area contributed by atoms with Gasteiger partial charge < -0.3 is 4.90 Å². The van der Waals surface area contributed by atoms with Crippen molar-refractivity contribution in [2.45, 2.75) is 85.1 Å². The van der Waals surface area contributed by atoms with Crippen LogP contribution in [-0.4, -0.2) is 44.2 Å². The Balaban J connectivity index is 1.54. The molecule has 0 bridgehead atoms. The first-order valence-corrected chi connectivity index (χ1v) is 19.0. The number of hydrogen-bond acceptors (Lipinski definition) is 5. The second-order valence-electron chi connectivity index (χ2n) is 16.2. The Kier molecular flexibility index (Phi) is 11.0. The van der Waals surface area contributed by atoms with E-state index in [1.807, 2.05) is 30.3 Å². The monoisotopic (exact) mass is 713 g/mol. The molecular weight excluding hydrogens is 661 g/mol. The van der Waals surface area contributed by atoms with Crippen LogP contribution in [0.25, 0.3) is 0 Å². The van der Waals surface area contributed by atoms with Gasteiger partial charge in [-0.15, -0.1) is 0 Å². The first-order valence-electron chi connectivity index (χ1n) is 19.0. The topological polar surface area (TPSA) is 92.5 Å². The van der Waals surface area contributed by atoms with E-state index in [4.69, 9.17) is 0 Å². The molecule has 2 aliphatic heterocycles. The number of benzene rings is 3. The quantitative estimate of drug-likeness (QED) is 0.0942. The van der Waals surface area contributed by atoms with Crippen LogP contribution in [0, 0.1) is 37.5 Å². The Bertz CT molecular complexity index is 1960. The van der Waals surface area contributed by atoms with E-state index in [-0.39, 0.29) is 15.5 Å². The van der Waals surface area contributed by atoms with Gasteiger partial charge in [-0.3, -0.25) is 20.2 Å². The summed E-state index contributed by atoms with van der Waals surface area (Å²) in [7, 11) is 0. The lowest BCUT2D eigenvalue weighted by Gasteiger charge is -2.30. The van der Waals surface area contributed by atoms with Crippen molar-refractivity contribution >= 4 is 17.1 Å². The molecule has 0 amide bonds. The number of rotatable bonds is 14. The largest absolute Gasteiger partial charge is 0.344 e. The predicted molar refractivity (Wildman–Crippen MR) is 213 cm³/mol. The van der Waals surface area contributed by atoms with Gasteiger partial charge in [0.2, 0.25) is 11.7 Å². The van der Waals surface area contributed by atoms with Gasteiger partial charge >= 0.3 is 0 Å². The fraction of sp³-hybridized carbons (Fsp3) is 0.400. The minimum Gasteiger partial charge on any atom is -0.344 e. The van der Waals surface area contributed by atoms with E-state index < -0.39 is 16.9 Å². The lowest BCUT2D eigenvalue weighted by atomic mass is 9.69. The van der Waals surface area contributed by atoms with E-state index in [2.05, 4.69) is 118 Å². The van der Waals surface area contributed by atoms with Crippen LogP contribution in [0.1, 0.15) is 77.5 Å². The van der Waals surface area contributed by atoms with Gasteiger partial charge in [0.05, 0.1) is 10.3 Å². The molecule has 3 aromatic rings. The molecule has 0 saturated heterocycles. The molecule has 0 N–H and O–H groups in total. The lowest BCUT2D eigenvalue weighted by Crippen LogP contribution is -2.39. The number of hydrogen-bond donors (Lipinski definition) is 0. The van der Waals surface area contributed by atoms with Crippen molar-refractivity contribution in [2.75, 3.05) is 13.1 Å². The molecule has 0 aromatic heterocycles. The van der Waals surface area contributed by atoms with E-state index >= 15 is 0 Å². The van der Waals surface area contributed by atoms with E-state index in [1.165, 1.54) is 0 Å². The van der Waals surface area contributed by atoms with Crippen LogP contribution in [0.2, 0.25) is 0 Å². The lowest BCUT2D eigenvalue weighted by molar-refractivity contribution is -0.509. The third-order valence-corrected chi connectivity index (χ3v) is 11.3. The zero-order valence-corrected chi connectivity index (χ0v) is 32.0. The van der Waals surface area contributed by atoms with E-state index in [0.717, 1.165) is 71.0 Å². The van der Waals surface area contributed by atoms with Gasteiger partial charge in [-0.25, -0.2) is 0 Å². The predicted octanol–water partition coefficient (Wildman–Crippen LogP) is 10.1. The average Bonchev–Trinajstić information content (AvgIpc) is 3.49. The molecule has 1 atom stereocenters. The molecule has 1 unspecified atom stereocenters. The number of nitrogens with zero attached hydrogens (tertiary/aromatic N) is 4. The number of nitro groups is 2. The van der Waals surface area contributed by atoms with E-state index in [1.54, 1.807) is 12.1 Å². The zero-order valence-electron chi connectivity index (χ0n) is 32.0. The van der Waals surface area contributed by atoms with Crippen molar-refractivity contribution in [3.05, 3.63) is 163 Å². The summed E-state index contributed by atoms with van der Waals surface area (Å²) < 4.78 is 2.41. The summed E-state index contributed by atoms with van der Waals surface area (Å²) in [6.45, 7) is 14.9. The average molecular weight is 714 g/mol. The molecular formula is C45H53N4O4+. The second-order valence-corrected chi connectivity index (χ2v) is 16.2. The van der Waals surface area contributed by atoms with Crippen LogP contribution in [0.5, 0.6) is 0 Å². The fourth-order valence-electron chi connectivity index (χ4n) is 8.42. The van der Waals surface area contributed by atoms with E-state index in [0.29, 0.717) is 31.1 Å². The van der Waals surface area contributed by atoms with Crippen LogP contribution < -0.4 is 0 Å². The smallest absolute Gasteiger partial charge is 0.270 e. The van der Waals surface area contributed by atoms with Crippen LogP contribution in [0.4, 0.5) is 11.4 Å². The van der Waals surface area contributed by atoms with E-state index in [9.17, 15) is 20.2 Å². The van der Waals surface area contributed by atoms with Crippen LogP contribution in [0.15, 0.2) is 126 Å². The molecule has 0 radical (unpaired) electrons. The fourth-order valence-corrected chi connectivity index (χ4v) is 8.42. The van der Waals surface area contributed by atoms with Gasteiger partial charge in [-0.1, -0.05) is 108 Å². The molecule has 53 heavy (non-hydrogen) atoms. The van der Waals surface area contributed by atoms with Crippen LogP contribution in [0.3, 0.4) is 0 Å². The van der Waals surface area contributed by atoms with Gasteiger partial charge in [0, 0.05) is 71.0 Å². The zero-order chi connectivity index (χ0) is 37.9. The Morgan fingerprint density at radius 1 is 0.887 bits per heavy atom. The second kappa shape index (κ2) is 15.5. The first kappa shape index (κ1) is 37.6. The SMILES string of the molecule is CC(C)CCN1C2=C(CC([N+](=O)[O-])C=C2)C(C)(C)/C1=C\C=C\C1=[N+](CCC(C)C)c2ccc([N+](=O)[O-])cc2C1(Cc1ccccc1)Cc1ccccc1. The van der Waals surface area contributed by atoms with Crippen molar-refractivity contribution < 1.29 is 14.4 Å². The molecule has 3 aromatic carbocycles. The maximum absolute atomic E-state index is 12.3. The highest BCUT2D eigenvalue weighted by molar-refractivity contribution is 6.04. The summed E-state index contributed by atoms with van der Waals surface area (Å²) in [5.41, 5.74) is 7.86. The summed E-state index contributed by atoms with van der Waals surface area (Å²) in [6, 6.07) is 25.6. The van der Waals surface area contributed by atoms with Crippen LogP contribution in [-0.2, 0) is 18.3 Å². The molecule has 276 valence electrons. The number of non-ortho nitro benzene ring substituents is 1. The van der Waals surface area contributed by atoms with Crippen molar-refractivity contribution in [1.29, 1.82) is 0 Å². The highest BCUT2D eigenvalue weighted by Crippen LogP contribution is 2.51. The Morgan fingerprint density at radius 2 is 1.51 bits per heavy atom.